The molecule has 1 aromatic rings. The van der Waals surface area contributed by atoms with Crippen molar-refractivity contribution in [2.24, 2.45) is 0 Å². The Hall–Kier alpha value is -1.63. The van der Waals surface area contributed by atoms with Crippen molar-refractivity contribution in [2.75, 3.05) is 0 Å². The molecule has 0 unspecified atom stereocenters. The topological polar surface area (TPSA) is 23.9 Å². The van der Waals surface area contributed by atoms with Gasteiger partial charge in [0.25, 0.3) is 0 Å². The number of aryl methyl sites for hydroxylation is 1. The molecule has 0 heterocycles. The van der Waals surface area contributed by atoms with Gasteiger partial charge in [-0.15, -0.1) is 0 Å². The molecule has 0 amide bonds. The van der Waals surface area contributed by atoms with Crippen LogP contribution < -0.4 is 0 Å². The zero-order chi connectivity index (χ0) is 10.4. The van der Waals surface area contributed by atoms with Gasteiger partial charge in [0.2, 0.25) is 0 Å². The van der Waals surface area contributed by atoms with Crippen molar-refractivity contribution in [3.63, 3.8) is 0 Å². The molecule has 14 heavy (non-hydrogen) atoms. The van der Waals surface area contributed by atoms with Gasteiger partial charge < -0.3 is 5.41 Å². The van der Waals surface area contributed by atoms with E-state index in [1.165, 1.54) is 17.3 Å². The van der Waals surface area contributed by atoms with Crippen LogP contribution in [0.5, 0.6) is 0 Å². The standard InChI is InChI=1S/C13H15N/c1-3-12-8-7-11(2)13(10-12)6-4-5-9-14/h3-5,7-10,14H,1,6H2,2H3/b5-4-,14-9?. The molecule has 1 aromatic carbocycles. The van der Waals surface area contributed by atoms with Crippen molar-refractivity contribution in [2.45, 2.75) is 13.3 Å². The van der Waals surface area contributed by atoms with E-state index in [0.29, 0.717) is 0 Å². The third-order valence-corrected chi connectivity index (χ3v) is 2.18. The molecule has 0 aliphatic carbocycles. The second-order valence-corrected chi connectivity index (χ2v) is 3.19. The van der Waals surface area contributed by atoms with Crippen LogP contribution in [0.4, 0.5) is 0 Å². The molecule has 0 fully saturated rings. The van der Waals surface area contributed by atoms with Crippen LogP contribution in [0.1, 0.15) is 16.7 Å². The normalized spacial score (nSPS) is 10.4. The lowest BCUT2D eigenvalue weighted by Crippen LogP contribution is -1.88. The van der Waals surface area contributed by atoms with Crippen LogP contribution in [-0.2, 0) is 6.42 Å². The second kappa shape index (κ2) is 5.18. The molecule has 72 valence electrons. The highest BCUT2D eigenvalue weighted by atomic mass is 14.3. The van der Waals surface area contributed by atoms with Gasteiger partial charge in [0.1, 0.15) is 0 Å². The fraction of sp³-hybridized carbons (Fsp3) is 0.154. The zero-order valence-electron chi connectivity index (χ0n) is 8.46. The summed E-state index contributed by atoms with van der Waals surface area (Å²) >= 11 is 0. The first-order valence-corrected chi connectivity index (χ1v) is 4.65. The Balaban J connectivity index is 2.88. The fourth-order valence-corrected chi connectivity index (χ4v) is 1.30. The van der Waals surface area contributed by atoms with Crippen molar-refractivity contribution >= 4 is 12.3 Å². The third kappa shape index (κ3) is 2.70. The second-order valence-electron chi connectivity index (χ2n) is 3.19. The van der Waals surface area contributed by atoms with Crippen LogP contribution in [0, 0.1) is 12.3 Å². The predicted octanol–water partition coefficient (Wildman–Crippen LogP) is 3.39. The van der Waals surface area contributed by atoms with Crippen molar-refractivity contribution in [3.05, 3.63) is 53.6 Å². The summed E-state index contributed by atoms with van der Waals surface area (Å²) < 4.78 is 0. The highest BCUT2D eigenvalue weighted by Crippen LogP contribution is 2.13. The SMILES string of the molecule is C=Cc1ccc(C)c(C/C=C\C=N)c1. The summed E-state index contributed by atoms with van der Waals surface area (Å²) in [5.74, 6) is 0. The van der Waals surface area contributed by atoms with Crippen molar-refractivity contribution < 1.29 is 0 Å². The van der Waals surface area contributed by atoms with Crippen LogP contribution in [0.15, 0.2) is 36.9 Å². The molecule has 0 saturated heterocycles. The zero-order valence-corrected chi connectivity index (χ0v) is 8.46. The molecule has 0 radical (unpaired) electrons. The summed E-state index contributed by atoms with van der Waals surface area (Å²) in [6.45, 7) is 5.84. The Labute approximate surface area is 85.3 Å². The third-order valence-electron chi connectivity index (χ3n) is 2.18. The first-order chi connectivity index (χ1) is 6.77. The lowest BCUT2D eigenvalue weighted by Gasteiger charge is -2.03. The van der Waals surface area contributed by atoms with Gasteiger partial charge in [-0.3, -0.25) is 0 Å². The van der Waals surface area contributed by atoms with E-state index < -0.39 is 0 Å². The van der Waals surface area contributed by atoms with Gasteiger partial charge >= 0.3 is 0 Å². The quantitative estimate of drug-likeness (QED) is 0.695. The largest absolute Gasteiger partial charge is 0.309 e. The lowest BCUT2D eigenvalue weighted by atomic mass is 10.0. The number of hydrogen-bond donors (Lipinski definition) is 1. The van der Waals surface area contributed by atoms with Crippen molar-refractivity contribution in [1.82, 2.24) is 0 Å². The van der Waals surface area contributed by atoms with Crippen LogP contribution >= 0.6 is 0 Å². The monoisotopic (exact) mass is 185 g/mol. The Morgan fingerprint density at radius 1 is 1.43 bits per heavy atom. The highest BCUT2D eigenvalue weighted by molar-refractivity contribution is 5.67. The maximum atomic E-state index is 6.87. The molecule has 1 nitrogen and oxygen atoms in total. The van der Waals surface area contributed by atoms with Crippen LogP contribution in [0.3, 0.4) is 0 Å². The van der Waals surface area contributed by atoms with E-state index >= 15 is 0 Å². The molecule has 0 aliphatic heterocycles. The average molecular weight is 185 g/mol. The first kappa shape index (κ1) is 10.5. The van der Waals surface area contributed by atoms with E-state index in [-0.39, 0.29) is 0 Å². The van der Waals surface area contributed by atoms with Gasteiger partial charge in [0.05, 0.1) is 0 Å². The number of nitrogens with one attached hydrogen (secondary N) is 1. The molecule has 0 saturated carbocycles. The minimum atomic E-state index is 0.878. The van der Waals surface area contributed by atoms with Crippen LogP contribution in [0.25, 0.3) is 6.08 Å². The van der Waals surface area contributed by atoms with Gasteiger partial charge in [-0.05, 0) is 36.1 Å². The summed E-state index contributed by atoms with van der Waals surface area (Å²) in [6, 6.07) is 6.30. The Bertz CT molecular complexity index is 361. The summed E-state index contributed by atoms with van der Waals surface area (Å²) in [7, 11) is 0. The van der Waals surface area contributed by atoms with E-state index in [1.54, 1.807) is 6.08 Å². The first-order valence-electron chi connectivity index (χ1n) is 4.65. The Morgan fingerprint density at radius 3 is 2.86 bits per heavy atom. The number of hydrogen-bond acceptors (Lipinski definition) is 1. The van der Waals surface area contributed by atoms with Gasteiger partial charge in [-0.2, -0.15) is 0 Å². The van der Waals surface area contributed by atoms with Crippen LogP contribution in [-0.4, -0.2) is 6.21 Å². The summed E-state index contributed by atoms with van der Waals surface area (Å²) in [4.78, 5) is 0. The molecule has 0 aliphatic rings. The maximum absolute atomic E-state index is 6.87. The molecule has 1 rings (SSSR count). The van der Waals surface area contributed by atoms with Crippen LogP contribution in [0.2, 0.25) is 0 Å². The number of allylic oxidation sites excluding steroid dienone is 2. The summed E-state index contributed by atoms with van der Waals surface area (Å²) in [6.07, 6.45) is 7.76. The molecular formula is C13H15N. The predicted molar refractivity (Wildman–Crippen MR) is 62.9 cm³/mol. The maximum Gasteiger partial charge on any atom is 0.0174 e. The van der Waals surface area contributed by atoms with Crippen molar-refractivity contribution in [1.29, 1.82) is 5.41 Å². The molecule has 0 atom stereocenters. The highest BCUT2D eigenvalue weighted by Gasteiger charge is 1.96. The lowest BCUT2D eigenvalue weighted by molar-refractivity contribution is 1.21. The minimum Gasteiger partial charge on any atom is -0.309 e. The fourth-order valence-electron chi connectivity index (χ4n) is 1.30. The molecule has 1 N–H and O–H groups in total. The van der Waals surface area contributed by atoms with E-state index in [2.05, 4.69) is 31.7 Å². The van der Waals surface area contributed by atoms with E-state index in [1.807, 2.05) is 12.2 Å². The van der Waals surface area contributed by atoms with Gasteiger partial charge in [0, 0.05) is 6.21 Å². The average Bonchev–Trinajstić information content (AvgIpc) is 2.21. The summed E-state index contributed by atoms with van der Waals surface area (Å²) in [5.41, 5.74) is 3.72. The molecule has 0 bridgehead atoms. The molecule has 0 spiro atoms. The Kier molecular flexibility index (Phi) is 3.86. The molecular weight excluding hydrogens is 170 g/mol. The van der Waals surface area contributed by atoms with Gasteiger partial charge in [0.15, 0.2) is 0 Å². The van der Waals surface area contributed by atoms with E-state index in [0.717, 1.165) is 12.0 Å². The Morgan fingerprint density at radius 2 is 2.21 bits per heavy atom. The van der Waals surface area contributed by atoms with Crippen molar-refractivity contribution in [3.8, 4) is 0 Å². The molecule has 1 heteroatoms. The van der Waals surface area contributed by atoms with Gasteiger partial charge in [-0.25, -0.2) is 0 Å². The van der Waals surface area contributed by atoms with E-state index in [9.17, 15) is 0 Å². The van der Waals surface area contributed by atoms with E-state index in [4.69, 9.17) is 5.41 Å². The number of rotatable bonds is 4. The molecule has 0 aromatic heterocycles. The smallest absolute Gasteiger partial charge is 0.0174 e. The number of benzene rings is 1. The summed E-state index contributed by atoms with van der Waals surface area (Å²) in [5, 5.41) is 6.87. The van der Waals surface area contributed by atoms with Gasteiger partial charge in [-0.1, -0.05) is 36.9 Å². The minimum absolute atomic E-state index is 0.878.